The molecule has 1 atom stereocenters. The fraction of sp³-hybridized carbons (Fsp3) is 0.304. The minimum absolute atomic E-state index is 0.234. The van der Waals surface area contributed by atoms with Crippen molar-refractivity contribution >= 4 is 34.1 Å². The summed E-state index contributed by atoms with van der Waals surface area (Å²) in [4.78, 5) is 30.0. The molecule has 0 saturated carbocycles. The van der Waals surface area contributed by atoms with Gasteiger partial charge < -0.3 is 20.5 Å². The van der Waals surface area contributed by atoms with Gasteiger partial charge in [0, 0.05) is 54.9 Å². The molecule has 0 unspecified atom stereocenters. The van der Waals surface area contributed by atoms with E-state index in [9.17, 15) is 9.59 Å². The number of carbonyl (C=O) groups excluding carboxylic acids is 2. The second kappa shape index (κ2) is 9.28. The van der Waals surface area contributed by atoms with Crippen LogP contribution in [0.3, 0.4) is 0 Å². The summed E-state index contributed by atoms with van der Waals surface area (Å²) in [7, 11) is 0. The molecular weight excluding hydrogens is 364 g/mol. The molecule has 0 fully saturated rings. The SMILES string of the molecule is CCN(CC)c1ccc(NC(=O)[C@H](Cc2c[nH]c3ccccc23)NC(C)=O)cc1. The van der Waals surface area contributed by atoms with Gasteiger partial charge in [0.1, 0.15) is 6.04 Å². The van der Waals surface area contributed by atoms with Crippen LogP contribution >= 0.6 is 0 Å². The zero-order valence-electron chi connectivity index (χ0n) is 17.2. The van der Waals surface area contributed by atoms with Gasteiger partial charge >= 0.3 is 0 Å². The highest BCUT2D eigenvalue weighted by atomic mass is 16.2. The quantitative estimate of drug-likeness (QED) is 0.547. The number of fused-ring (bicyclic) bond motifs is 1. The van der Waals surface area contributed by atoms with E-state index in [-0.39, 0.29) is 11.8 Å². The smallest absolute Gasteiger partial charge is 0.247 e. The first-order valence-electron chi connectivity index (χ1n) is 9.99. The van der Waals surface area contributed by atoms with Crippen molar-refractivity contribution in [2.75, 3.05) is 23.3 Å². The predicted octanol–water partition coefficient (Wildman–Crippen LogP) is 3.70. The molecule has 29 heavy (non-hydrogen) atoms. The molecule has 2 aromatic carbocycles. The van der Waals surface area contributed by atoms with Crippen LogP contribution in [0, 0.1) is 0 Å². The molecule has 2 amide bonds. The van der Waals surface area contributed by atoms with Crippen molar-refractivity contribution in [2.24, 2.45) is 0 Å². The van der Waals surface area contributed by atoms with Crippen LogP contribution in [0.25, 0.3) is 10.9 Å². The number of hydrogen-bond acceptors (Lipinski definition) is 3. The van der Waals surface area contributed by atoms with Crippen molar-refractivity contribution in [3.63, 3.8) is 0 Å². The van der Waals surface area contributed by atoms with Gasteiger partial charge in [-0.15, -0.1) is 0 Å². The standard InChI is InChI=1S/C23H28N4O2/c1-4-27(5-2)19-12-10-18(11-13-19)26-23(29)22(25-16(3)28)14-17-15-24-21-9-7-6-8-20(17)21/h6-13,15,22,24H,4-5,14H2,1-3H3,(H,25,28)(H,26,29)/t22-/m0/s1. The van der Waals surface area contributed by atoms with E-state index in [0.717, 1.165) is 35.2 Å². The molecule has 0 aliphatic rings. The minimum Gasteiger partial charge on any atom is -0.372 e. The fourth-order valence-corrected chi connectivity index (χ4v) is 3.55. The number of H-pyrrole nitrogens is 1. The van der Waals surface area contributed by atoms with Crippen molar-refractivity contribution in [2.45, 2.75) is 33.2 Å². The number of carbonyl (C=O) groups is 2. The van der Waals surface area contributed by atoms with Crippen molar-refractivity contribution in [3.8, 4) is 0 Å². The van der Waals surface area contributed by atoms with Crippen LogP contribution in [0.4, 0.5) is 11.4 Å². The lowest BCUT2D eigenvalue weighted by molar-refractivity contribution is -0.125. The van der Waals surface area contributed by atoms with Gasteiger partial charge in [-0.2, -0.15) is 0 Å². The van der Waals surface area contributed by atoms with Crippen LogP contribution < -0.4 is 15.5 Å². The first kappa shape index (κ1) is 20.5. The molecule has 0 radical (unpaired) electrons. The number of hydrogen-bond donors (Lipinski definition) is 3. The summed E-state index contributed by atoms with van der Waals surface area (Å²) in [5.74, 6) is -0.469. The van der Waals surface area contributed by atoms with Crippen LogP contribution in [-0.4, -0.2) is 35.9 Å². The van der Waals surface area contributed by atoms with Gasteiger partial charge in [-0.25, -0.2) is 0 Å². The Morgan fingerprint density at radius 3 is 2.38 bits per heavy atom. The number of amides is 2. The molecule has 152 valence electrons. The monoisotopic (exact) mass is 392 g/mol. The van der Waals surface area contributed by atoms with Gasteiger partial charge in [0.2, 0.25) is 11.8 Å². The molecule has 3 N–H and O–H groups in total. The average molecular weight is 393 g/mol. The molecule has 0 aliphatic heterocycles. The summed E-state index contributed by atoms with van der Waals surface area (Å²) in [6, 6.07) is 15.0. The highest BCUT2D eigenvalue weighted by Crippen LogP contribution is 2.21. The molecule has 6 heteroatoms. The van der Waals surface area contributed by atoms with Crippen molar-refractivity contribution in [1.29, 1.82) is 0 Å². The molecule has 3 rings (SSSR count). The Kier molecular flexibility index (Phi) is 6.54. The fourth-order valence-electron chi connectivity index (χ4n) is 3.55. The molecule has 1 aromatic heterocycles. The number of nitrogens with one attached hydrogen (secondary N) is 3. The third-order valence-electron chi connectivity index (χ3n) is 5.06. The van der Waals surface area contributed by atoms with Gasteiger partial charge in [-0.05, 0) is 49.7 Å². The molecule has 3 aromatic rings. The van der Waals surface area contributed by atoms with E-state index in [1.54, 1.807) is 0 Å². The van der Waals surface area contributed by atoms with E-state index in [1.165, 1.54) is 6.92 Å². The van der Waals surface area contributed by atoms with E-state index < -0.39 is 6.04 Å². The molecule has 1 heterocycles. The van der Waals surface area contributed by atoms with E-state index in [0.29, 0.717) is 12.1 Å². The summed E-state index contributed by atoms with van der Waals surface area (Å²) in [5, 5.41) is 6.76. The highest BCUT2D eigenvalue weighted by molar-refractivity contribution is 5.97. The molecular formula is C23H28N4O2. The Balaban J connectivity index is 1.74. The van der Waals surface area contributed by atoms with Crippen molar-refractivity contribution < 1.29 is 9.59 Å². The number of rotatable bonds is 8. The number of anilines is 2. The van der Waals surface area contributed by atoms with Gasteiger partial charge in [0.05, 0.1) is 0 Å². The molecule has 0 saturated heterocycles. The lowest BCUT2D eigenvalue weighted by Gasteiger charge is -2.21. The van der Waals surface area contributed by atoms with Crippen molar-refractivity contribution in [3.05, 3.63) is 60.3 Å². The average Bonchev–Trinajstić information content (AvgIpc) is 3.12. The summed E-state index contributed by atoms with van der Waals surface area (Å²) in [6.45, 7) is 7.51. The predicted molar refractivity (Wildman–Crippen MR) is 118 cm³/mol. The van der Waals surface area contributed by atoms with Crippen LogP contribution in [0.15, 0.2) is 54.7 Å². The van der Waals surface area contributed by atoms with Crippen molar-refractivity contribution in [1.82, 2.24) is 10.3 Å². The second-order valence-electron chi connectivity index (χ2n) is 7.03. The Morgan fingerprint density at radius 2 is 1.72 bits per heavy atom. The maximum Gasteiger partial charge on any atom is 0.247 e. The zero-order valence-corrected chi connectivity index (χ0v) is 17.2. The summed E-state index contributed by atoms with van der Waals surface area (Å²) >= 11 is 0. The number of benzene rings is 2. The molecule has 0 aliphatic carbocycles. The van der Waals surface area contributed by atoms with E-state index in [4.69, 9.17) is 0 Å². The molecule has 6 nitrogen and oxygen atoms in total. The second-order valence-corrected chi connectivity index (χ2v) is 7.03. The Labute approximate surface area is 171 Å². The topological polar surface area (TPSA) is 77.2 Å². The first-order chi connectivity index (χ1) is 14.0. The summed E-state index contributed by atoms with van der Waals surface area (Å²) < 4.78 is 0. The maximum atomic E-state index is 12.9. The zero-order chi connectivity index (χ0) is 20.8. The Bertz CT molecular complexity index is 974. The molecule has 0 spiro atoms. The lowest BCUT2D eigenvalue weighted by Crippen LogP contribution is -2.44. The van der Waals surface area contributed by atoms with Crippen LogP contribution in [-0.2, 0) is 16.0 Å². The third kappa shape index (κ3) is 4.96. The Hall–Kier alpha value is -3.28. The van der Waals surface area contributed by atoms with E-state index in [1.807, 2.05) is 54.7 Å². The number of nitrogens with zero attached hydrogens (tertiary/aromatic N) is 1. The highest BCUT2D eigenvalue weighted by Gasteiger charge is 2.21. The summed E-state index contributed by atoms with van der Waals surface area (Å²) in [5.41, 5.74) is 3.83. The van der Waals surface area contributed by atoms with E-state index in [2.05, 4.69) is 34.4 Å². The van der Waals surface area contributed by atoms with Crippen LogP contribution in [0.2, 0.25) is 0 Å². The van der Waals surface area contributed by atoms with Gasteiger partial charge in [0.15, 0.2) is 0 Å². The molecule has 0 bridgehead atoms. The van der Waals surface area contributed by atoms with E-state index >= 15 is 0 Å². The normalized spacial score (nSPS) is 11.8. The number of aromatic nitrogens is 1. The minimum atomic E-state index is -0.658. The maximum absolute atomic E-state index is 12.9. The summed E-state index contributed by atoms with van der Waals surface area (Å²) in [6.07, 6.45) is 2.30. The first-order valence-corrected chi connectivity index (χ1v) is 9.99. The van der Waals surface area contributed by atoms with Gasteiger partial charge in [-0.1, -0.05) is 18.2 Å². The Morgan fingerprint density at radius 1 is 1.03 bits per heavy atom. The number of para-hydroxylation sites is 1. The van der Waals surface area contributed by atoms with Crippen LogP contribution in [0.1, 0.15) is 26.3 Å². The third-order valence-corrected chi connectivity index (χ3v) is 5.06. The van der Waals surface area contributed by atoms with Gasteiger partial charge in [0.25, 0.3) is 0 Å². The van der Waals surface area contributed by atoms with Crippen LogP contribution in [0.5, 0.6) is 0 Å². The number of aromatic amines is 1. The van der Waals surface area contributed by atoms with Gasteiger partial charge in [-0.3, -0.25) is 9.59 Å². The largest absolute Gasteiger partial charge is 0.372 e. The lowest BCUT2D eigenvalue weighted by atomic mass is 10.0.